The Kier molecular flexibility index (Phi) is 5.30. The van der Waals surface area contributed by atoms with Crippen LogP contribution >= 0.6 is 11.6 Å². The molecule has 0 aliphatic carbocycles. The minimum atomic E-state index is 0.807. The summed E-state index contributed by atoms with van der Waals surface area (Å²) in [5.41, 5.74) is 1.30. The van der Waals surface area contributed by atoms with Crippen LogP contribution in [-0.4, -0.2) is 19.6 Å². The second kappa shape index (κ2) is 7.00. The predicted molar refractivity (Wildman–Crippen MR) is 73.4 cm³/mol. The number of piperidine rings is 1. The molecule has 0 aromatic heterocycles. The molecule has 1 unspecified atom stereocenters. The summed E-state index contributed by atoms with van der Waals surface area (Å²) in [6.07, 6.45) is 4.00. The van der Waals surface area contributed by atoms with Gasteiger partial charge in [-0.25, -0.2) is 0 Å². The summed E-state index contributed by atoms with van der Waals surface area (Å²) < 4.78 is 0. The molecule has 0 radical (unpaired) electrons. The summed E-state index contributed by atoms with van der Waals surface area (Å²) >= 11 is 5.85. The van der Waals surface area contributed by atoms with Gasteiger partial charge >= 0.3 is 0 Å². The number of hydrogen-bond acceptors (Lipinski definition) is 2. The van der Waals surface area contributed by atoms with Crippen LogP contribution in [-0.2, 0) is 6.54 Å². The van der Waals surface area contributed by atoms with E-state index in [1.54, 1.807) is 0 Å². The lowest BCUT2D eigenvalue weighted by molar-refractivity contribution is 0.352. The van der Waals surface area contributed by atoms with Gasteiger partial charge in [0.15, 0.2) is 0 Å². The highest BCUT2D eigenvalue weighted by Crippen LogP contribution is 2.13. The average molecular weight is 253 g/mol. The Hall–Kier alpha value is -0.570. The number of benzene rings is 1. The Morgan fingerprint density at radius 2 is 2.12 bits per heavy atom. The average Bonchev–Trinajstić information content (AvgIpc) is 2.38. The molecule has 1 aliphatic heterocycles. The molecule has 17 heavy (non-hydrogen) atoms. The second-order valence-electron chi connectivity index (χ2n) is 4.80. The summed E-state index contributed by atoms with van der Waals surface area (Å²) in [5, 5.41) is 7.76. The molecule has 0 amide bonds. The van der Waals surface area contributed by atoms with Gasteiger partial charge in [-0.05, 0) is 62.5 Å². The van der Waals surface area contributed by atoms with Crippen LogP contribution in [0.4, 0.5) is 0 Å². The normalized spacial score (nSPS) is 20.4. The van der Waals surface area contributed by atoms with Crippen molar-refractivity contribution in [1.82, 2.24) is 10.6 Å². The van der Waals surface area contributed by atoms with Crippen molar-refractivity contribution < 1.29 is 0 Å². The molecule has 0 spiro atoms. The van der Waals surface area contributed by atoms with E-state index in [1.807, 2.05) is 12.1 Å². The summed E-state index contributed by atoms with van der Waals surface area (Å²) in [5.74, 6) is 0.862. The molecule has 1 atom stereocenters. The fourth-order valence-electron chi connectivity index (χ4n) is 2.31. The molecule has 2 nitrogen and oxygen atoms in total. The molecule has 1 aromatic rings. The van der Waals surface area contributed by atoms with E-state index in [9.17, 15) is 0 Å². The first kappa shape index (κ1) is 12.9. The van der Waals surface area contributed by atoms with Crippen LogP contribution in [0.2, 0.25) is 5.02 Å². The van der Waals surface area contributed by atoms with Gasteiger partial charge in [0.05, 0.1) is 0 Å². The van der Waals surface area contributed by atoms with Gasteiger partial charge in [-0.1, -0.05) is 23.7 Å². The molecular weight excluding hydrogens is 232 g/mol. The van der Waals surface area contributed by atoms with E-state index in [4.69, 9.17) is 11.6 Å². The third-order valence-corrected chi connectivity index (χ3v) is 3.62. The van der Waals surface area contributed by atoms with Crippen LogP contribution in [0.25, 0.3) is 0 Å². The number of hydrogen-bond donors (Lipinski definition) is 2. The van der Waals surface area contributed by atoms with E-state index < -0.39 is 0 Å². The van der Waals surface area contributed by atoms with Gasteiger partial charge in [0.1, 0.15) is 0 Å². The second-order valence-corrected chi connectivity index (χ2v) is 5.24. The number of rotatable bonds is 5. The third-order valence-electron chi connectivity index (χ3n) is 3.37. The third kappa shape index (κ3) is 4.66. The van der Waals surface area contributed by atoms with Crippen LogP contribution in [0.3, 0.4) is 0 Å². The highest BCUT2D eigenvalue weighted by Gasteiger charge is 2.11. The SMILES string of the molecule is Clc1ccc(CNCCC2CCCNC2)cc1. The Labute approximate surface area is 109 Å². The van der Waals surface area contributed by atoms with Crippen molar-refractivity contribution in [2.45, 2.75) is 25.8 Å². The zero-order valence-electron chi connectivity index (χ0n) is 10.2. The quantitative estimate of drug-likeness (QED) is 0.788. The maximum absolute atomic E-state index is 5.85. The zero-order chi connectivity index (χ0) is 11.9. The standard InChI is InChI=1S/C14H21ClN2/c15-14-5-3-13(4-6-14)11-17-9-7-12-2-1-8-16-10-12/h3-6,12,16-17H,1-2,7-11H2. The molecule has 1 aromatic carbocycles. The molecule has 1 aliphatic rings. The molecule has 2 rings (SSSR count). The fourth-order valence-corrected chi connectivity index (χ4v) is 2.44. The zero-order valence-corrected chi connectivity index (χ0v) is 11.0. The lowest BCUT2D eigenvalue weighted by Crippen LogP contribution is -2.31. The van der Waals surface area contributed by atoms with E-state index in [-0.39, 0.29) is 0 Å². The summed E-state index contributed by atoms with van der Waals surface area (Å²) in [7, 11) is 0. The lowest BCUT2D eigenvalue weighted by Gasteiger charge is -2.22. The van der Waals surface area contributed by atoms with Crippen LogP contribution in [0.1, 0.15) is 24.8 Å². The van der Waals surface area contributed by atoms with E-state index in [2.05, 4.69) is 22.8 Å². The Bertz CT molecular complexity index is 317. The highest BCUT2D eigenvalue weighted by molar-refractivity contribution is 6.30. The number of halogens is 1. The van der Waals surface area contributed by atoms with Crippen molar-refractivity contribution in [3.8, 4) is 0 Å². The maximum Gasteiger partial charge on any atom is 0.0406 e. The minimum absolute atomic E-state index is 0.807. The monoisotopic (exact) mass is 252 g/mol. The number of nitrogens with one attached hydrogen (secondary N) is 2. The molecule has 1 heterocycles. The topological polar surface area (TPSA) is 24.1 Å². The molecular formula is C14H21ClN2. The van der Waals surface area contributed by atoms with Gasteiger partial charge in [0.25, 0.3) is 0 Å². The highest BCUT2D eigenvalue weighted by atomic mass is 35.5. The summed E-state index contributed by atoms with van der Waals surface area (Å²) in [6, 6.07) is 8.06. The molecule has 94 valence electrons. The lowest BCUT2D eigenvalue weighted by atomic mass is 9.96. The van der Waals surface area contributed by atoms with Crippen molar-refractivity contribution in [3.05, 3.63) is 34.9 Å². The van der Waals surface area contributed by atoms with Gasteiger partial charge in [0, 0.05) is 11.6 Å². The minimum Gasteiger partial charge on any atom is -0.316 e. The van der Waals surface area contributed by atoms with Gasteiger partial charge in [-0.2, -0.15) is 0 Å². The van der Waals surface area contributed by atoms with E-state index >= 15 is 0 Å². The summed E-state index contributed by atoms with van der Waals surface area (Å²) in [6.45, 7) is 4.45. The van der Waals surface area contributed by atoms with E-state index in [0.717, 1.165) is 24.0 Å². The van der Waals surface area contributed by atoms with Gasteiger partial charge in [-0.3, -0.25) is 0 Å². The molecule has 0 bridgehead atoms. The fraction of sp³-hybridized carbons (Fsp3) is 0.571. The summed E-state index contributed by atoms with van der Waals surface area (Å²) in [4.78, 5) is 0. The van der Waals surface area contributed by atoms with Crippen molar-refractivity contribution in [2.75, 3.05) is 19.6 Å². The first-order valence-corrected chi connectivity index (χ1v) is 6.88. The smallest absolute Gasteiger partial charge is 0.0406 e. The maximum atomic E-state index is 5.85. The van der Waals surface area contributed by atoms with Crippen LogP contribution in [0, 0.1) is 5.92 Å². The van der Waals surface area contributed by atoms with Crippen molar-refractivity contribution in [1.29, 1.82) is 0 Å². The van der Waals surface area contributed by atoms with Crippen molar-refractivity contribution >= 4 is 11.6 Å². The van der Waals surface area contributed by atoms with E-state index in [1.165, 1.54) is 37.9 Å². The van der Waals surface area contributed by atoms with Crippen LogP contribution in [0.5, 0.6) is 0 Å². The molecule has 3 heteroatoms. The first-order valence-electron chi connectivity index (χ1n) is 6.50. The predicted octanol–water partition coefficient (Wildman–Crippen LogP) is 2.82. The van der Waals surface area contributed by atoms with Gasteiger partial charge < -0.3 is 10.6 Å². The van der Waals surface area contributed by atoms with Gasteiger partial charge in [-0.15, -0.1) is 0 Å². The van der Waals surface area contributed by atoms with Crippen molar-refractivity contribution in [2.24, 2.45) is 5.92 Å². The molecule has 1 saturated heterocycles. The van der Waals surface area contributed by atoms with Crippen LogP contribution < -0.4 is 10.6 Å². The first-order chi connectivity index (χ1) is 8.34. The van der Waals surface area contributed by atoms with Crippen molar-refractivity contribution in [3.63, 3.8) is 0 Å². The Morgan fingerprint density at radius 3 is 2.82 bits per heavy atom. The van der Waals surface area contributed by atoms with Crippen LogP contribution in [0.15, 0.2) is 24.3 Å². The molecule has 1 fully saturated rings. The largest absolute Gasteiger partial charge is 0.316 e. The Balaban J connectivity index is 1.60. The molecule has 2 N–H and O–H groups in total. The van der Waals surface area contributed by atoms with E-state index in [0.29, 0.717) is 0 Å². The molecule has 0 saturated carbocycles. The van der Waals surface area contributed by atoms with Gasteiger partial charge in [0.2, 0.25) is 0 Å². The Morgan fingerprint density at radius 1 is 1.29 bits per heavy atom.